The Morgan fingerprint density at radius 2 is 1.94 bits per heavy atom. The third-order valence-electron chi connectivity index (χ3n) is 11.2. The van der Waals surface area contributed by atoms with Crippen LogP contribution in [0.4, 0.5) is 0 Å². The quantitative estimate of drug-likeness (QED) is 0.277. The molecule has 5 aliphatic carbocycles. The molecule has 0 amide bonds. The highest BCUT2D eigenvalue weighted by Gasteiger charge is 2.90. The normalized spacial score (nSPS) is 59.0. The first-order valence-corrected chi connectivity index (χ1v) is 12.4. The molecule has 1 saturated heterocycles. The fourth-order valence-electron chi connectivity index (χ4n) is 10.7. The van der Waals surface area contributed by atoms with Crippen molar-refractivity contribution in [2.24, 2.45) is 34.0 Å². The Hall–Kier alpha value is -1.25. The Morgan fingerprint density at radius 1 is 1.24 bits per heavy atom. The number of esters is 1. The lowest BCUT2D eigenvalue weighted by molar-refractivity contribution is -0.342. The van der Waals surface area contributed by atoms with E-state index < -0.39 is 58.1 Å². The minimum absolute atomic E-state index is 0.00867. The van der Waals surface area contributed by atoms with Gasteiger partial charge in [0.1, 0.15) is 11.7 Å². The number of nitrogens with zero attached hydrogens (tertiary/aromatic N) is 1. The van der Waals surface area contributed by atoms with Crippen LogP contribution in [0.1, 0.15) is 46.5 Å². The number of aliphatic hydroxyl groups excluding tert-OH is 3. The van der Waals surface area contributed by atoms with Crippen molar-refractivity contribution in [1.82, 2.24) is 4.90 Å². The van der Waals surface area contributed by atoms with E-state index in [2.05, 4.69) is 18.5 Å². The molecule has 1 aliphatic heterocycles. The summed E-state index contributed by atoms with van der Waals surface area (Å²) in [7, 11) is 2.07. The Labute approximate surface area is 195 Å². The van der Waals surface area contributed by atoms with Gasteiger partial charge in [0.05, 0.1) is 18.3 Å². The lowest BCUT2D eigenvalue weighted by Gasteiger charge is -2.72. The van der Waals surface area contributed by atoms with Gasteiger partial charge in [-0.15, -0.1) is 0 Å². The summed E-state index contributed by atoms with van der Waals surface area (Å²) in [6.07, 6.45) is 0.197. The SMILES string of the molecule is C=C1C[C@]23C[C@H](O)[C@]4(O)[C@@]5(C)C[C@H](O)C[C@]46[C@H]([C@@H]2[C@H]1[C@@H](OC(=O)/C(C)=C/C)[C@@H](O)[C@H]36)N(C)C5. The molecule has 0 aromatic carbocycles. The van der Waals surface area contributed by atoms with E-state index in [0.717, 1.165) is 5.57 Å². The van der Waals surface area contributed by atoms with Crippen LogP contribution in [-0.4, -0.2) is 80.9 Å². The summed E-state index contributed by atoms with van der Waals surface area (Å²) in [4.78, 5) is 15.1. The predicted octanol–water partition coefficient (Wildman–Crippen LogP) is 1.00. The lowest BCUT2D eigenvalue weighted by Crippen LogP contribution is -2.82. The summed E-state index contributed by atoms with van der Waals surface area (Å²) < 4.78 is 5.99. The predicted molar refractivity (Wildman–Crippen MR) is 120 cm³/mol. The van der Waals surface area contributed by atoms with Crippen molar-refractivity contribution in [3.8, 4) is 0 Å². The van der Waals surface area contributed by atoms with Crippen molar-refractivity contribution in [2.45, 2.75) is 82.5 Å². The summed E-state index contributed by atoms with van der Waals surface area (Å²) in [6.45, 7) is 10.4. The topological polar surface area (TPSA) is 110 Å². The number of piperidine rings is 1. The van der Waals surface area contributed by atoms with Crippen LogP contribution in [0.5, 0.6) is 0 Å². The van der Waals surface area contributed by atoms with Crippen molar-refractivity contribution in [2.75, 3.05) is 13.6 Å². The number of likely N-dealkylation sites (tertiary alicyclic amines) is 1. The number of carbonyl (C=O) groups excluding carboxylic acids is 1. The summed E-state index contributed by atoms with van der Waals surface area (Å²) in [5, 5.41) is 47.2. The molecule has 5 saturated carbocycles. The zero-order valence-electron chi connectivity index (χ0n) is 20.0. The number of hydrogen-bond donors (Lipinski definition) is 4. The van der Waals surface area contributed by atoms with Gasteiger partial charge in [0.25, 0.3) is 0 Å². The molecule has 4 N–H and O–H groups in total. The van der Waals surface area contributed by atoms with E-state index in [4.69, 9.17) is 4.74 Å². The molecule has 6 aliphatic rings. The highest BCUT2D eigenvalue weighted by molar-refractivity contribution is 5.87. The standard InChI is InChI=1S/C26H37NO6/c1-6-12(2)22(31)33-19-16-13(3)7-24-10-15(29)26(32)23(4)8-14(28)9-25(26,20(24)18(19)30)21(17(16)24)27(5)11-23/h6,14-21,28-30,32H,3,7-11H2,1-2,4-5H3/b12-6+/t14-,15-,16-,17-,18+,19+,20+,21-,23-,24-,25-,26-/m0/s1. The minimum Gasteiger partial charge on any atom is -0.456 e. The molecule has 2 spiro atoms. The zero-order valence-corrected chi connectivity index (χ0v) is 20.0. The Kier molecular flexibility index (Phi) is 4.24. The van der Waals surface area contributed by atoms with E-state index in [1.54, 1.807) is 19.9 Å². The van der Waals surface area contributed by atoms with Crippen LogP contribution in [-0.2, 0) is 9.53 Å². The molecule has 182 valence electrons. The smallest absolute Gasteiger partial charge is 0.333 e. The van der Waals surface area contributed by atoms with Gasteiger partial charge < -0.3 is 30.1 Å². The summed E-state index contributed by atoms with van der Waals surface area (Å²) in [6, 6.07) is -0.141. The van der Waals surface area contributed by atoms with Crippen LogP contribution in [0.25, 0.3) is 0 Å². The molecule has 1 heterocycles. The van der Waals surface area contributed by atoms with Crippen molar-refractivity contribution < 1.29 is 30.0 Å². The van der Waals surface area contributed by atoms with E-state index in [-0.39, 0.29) is 17.9 Å². The molecule has 6 rings (SSSR count). The highest BCUT2D eigenvalue weighted by atomic mass is 16.6. The first-order chi connectivity index (χ1) is 15.4. The second-order valence-electron chi connectivity index (χ2n) is 12.4. The van der Waals surface area contributed by atoms with Gasteiger partial charge in [0.2, 0.25) is 0 Å². The largest absolute Gasteiger partial charge is 0.456 e. The van der Waals surface area contributed by atoms with E-state index in [1.165, 1.54) is 0 Å². The first-order valence-electron chi connectivity index (χ1n) is 12.4. The zero-order chi connectivity index (χ0) is 23.9. The molecule has 0 unspecified atom stereocenters. The van der Waals surface area contributed by atoms with Crippen molar-refractivity contribution in [3.05, 3.63) is 23.8 Å². The number of carbonyl (C=O) groups is 1. The van der Waals surface area contributed by atoms with Gasteiger partial charge in [-0.05, 0) is 57.9 Å². The van der Waals surface area contributed by atoms with E-state index >= 15 is 0 Å². The average molecular weight is 460 g/mol. The molecule has 12 atom stereocenters. The van der Waals surface area contributed by atoms with Gasteiger partial charge in [-0.2, -0.15) is 0 Å². The third-order valence-corrected chi connectivity index (χ3v) is 11.2. The molecule has 0 radical (unpaired) electrons. The van der Waals surface area contributed by atoms with Gasteiger partial charge in [-0.25, -0.2) is 4.79 Å². The van der Waals surface area contributed by atoms with Gasteiger partial charge in [-0.3, -0.25) is 0 Å². The second-order valence-corrected chi connectivity index (χ2v) is 12.4. The Morgan fingerprint density at radius 3 is 2.61 bits per heavy atom. The second kappa shape index (κ2) is 6.30. The van der Waals surface area contributed by atoms with Crippen LogP contribution >= 0.6 is 0 Å². The highest BCUT2D eigenvalue weighted by Crippen LogP contribution is 2.84. The number of ether oxygens (including phenoxy) is 1. The van der Waals surface area contributed by atoms with Gasteiger partial charge >= 0.3 is 5.97 Å². The molecular weight excluding hydrogens is 422 g/mol. The maximum atomic E-state index is 12.8. The number of hydrogen-bond acceptors (Lipinski definition) is 7. The van der Waals surface area contributed by atoms with Gasteiger partial charge in [0, 0.05) is 40.8 Å². The Bertz CT molecular complexity index is 980. The van der Waals surface area contributed by atoms with Crippen molar-refractivity contribution >= 4 is 5.97 Å². The van der Waals surface area contributed by atoms with Crippen LogP contribution in [0.2, 0.25) is 0 Å². The van der Waals surface area contributed by atoms with Crippen molar-refractivity contribution in [1.29, 1.82) is 0 Å². The summed E-state index contributed by atoms with van der Waals surface area (Å²) >= 11 is 0. The van der Waals surface area contributed by atoms with Gasteiger partial charge in [0.15, 0.2) is 0 Å². The van der Waals surface area contributed by atoms with Crippen LogP contribution in [0.3, 0.4) is 0 Å². The van der Waals surface area contributed by atoms with E-state index in [0.29, 0.717) is 37.8 Å². The monoisotopic (exact) mass is 459 g/mol. The molecular formula is C26H37NO6. The maximum absolute atomic E-state index is 12.8. The summed E-state index contributed by atoms with van der Waals surface area (Å²) in [5.74, 6) is -1.09. The molecule has 6 bridgehead atoms. The molecule has 0 aromatic heterocycles. The molecule has 0 aromatic rings. The maximum Gasteiger partial charge on any atom is 0.333 e. The molecule has 33 heavy (non-hydrogen) atoms. The van der Waals surface area contributed by atoms with Crippen LogP contribution < -0.4 is 0 Å². The van der Waals surface area contributed by atoms with E-state index in [9.17, 15) is 25.2 Å². The number of rotatable bonds is 2. The van der Waals surface area contributed by atoms with Crippen LogP contribution in [0.15, 0.2) is 23.8 Å². The fourth-order valence-corrected chi connectivity index (χ4v) is 10.7. The van der Waals surface area contributed by atoms with Crippen LogP contribution in [0, 0.1) is 34.0 Å². The first kappa shape index (κ1) is 22.2. The number of allylic oxidation sites excluding steroid dienone is 1. The summed E-state index contributed by atoms with van der Waals surface area (Å²) in [5.41, 5.74) is -2.00. The Balaban J connectivity index is 1.58. The third kappa shape index (κ3) is 2.11. The minimum atomic E-state index is -1.43. The molecule has 7 nitrogen and oxygen atoms in total. The average Bonchev–Trinajstić information content (AvgIpc) is 3.00. The molecule has 6 fully saturated rings. The number of aliphatic hydroxyl groups is 4. The molecule has 7 heteroatoms. The van der Waals surface area contributed by atoms with E-state index in [1.807, 2.05) is 6.92 Å². The lowest BCUT2D eigenvalue weighted by atomic mass is 9.38. The van der Waals surface area contributed by atoms with Crippen molar-refractivity contribution in [3.63, 3.8) is 0 Å². The fraction of sp³-hybridized carbons (Fsp3) is 0.808. The van der Waals surface area contributed by atoms with Gasteiger partial charge in [-0.1, -0.05) is 25.2 Å².